The number of hydrogen-bond acceptors (Lipinski definition) is 5. The molecule has 0 saturated carbocycles. The molecule has 3 rings (SSSR count). The van der Waals surface area contributed by atoms with Crippen molar-refractivity contribution in [2.45, 2.75) is 51.5 Å². The van der Waals surface area contributed by atoms with Gasteiger partial charge in [0.1, 0.15) is 11.9 Å². The number of benzene rings is 3. The number of nitrogens with one attached hydrogen (secondary N) is 1. The van der Waals surface area contributed by atoms with Gasteiger partial charge in [-0.05, 0) is 29.5 Å². The van der Waals surface area contributed by atoms with Gasteiger partial charge in [-0.2, -0.15) is 0 Å². The Morgan fingerprint density at radius 2 is 1.26 bits per heavy atom. The van der Waals surface area contributed by atoms with Crippen LogP contribution in [0.3, 0.4) is 0 Å². The standard InChI is InChI=1S/C29H37N2O3P/c1-3-5-22-33-35(32,34-23-6-4-2)29(27-20-14-9-15-21-27)31-28(26-18-12-8-13-19-26)30-24-25-16-10-7-11-17-25/h7-21,24,28-29,31H,3-6,22-23H2,1-2H3/b30-24+. The first-order valence-electron chi connectivity index (χ1n) is 12.5. The van der Waals surface area contributed by atoms with E-state index in [0.29, 0.717) is 13.2 Å². The molecule has 3 aromatic rings. The van der Waals surface area contributed by atoms with Crippen molar-refractivity contribution in [2.75, 3.05) is 13.2 Å². The van der Waals surface area contributed by atoms with Gasteiger partial charge in [0, 0.05) is 6.21 Å². The largest absolute Gasteiger partial charge is 0.352 e. The second kappa shape index (κ2) is 14.8. The van der Waals surface area contributed by atoms with Crippen LogP contribution in [0.1, 0.15) is 68.2 Å². The van der Waals surface area contributed by atoms with Crippen LogP contribution in [0.4, 0.5) is 0 Å². The molecule has 3 aromatic carbocycles. The summed E-state index contributed by atoms with van der Waals surface area (Å²) in [7, 11) is -3.57. The third kappa shape index (κ3) is 8.55. The lowest BCUT2D eigenvalue weighted by molar-refractivity contribution is 0.186. The Morgan fingerprint density at radius 1 is 0.771 bits per heavy atom. The Kier molecular flexibility index (Phi) is 11.4. The molecular weight excluding hydrogens is 455 g/mol. The zero-order valence-corrected chi connectivity index (χ0v) is 21.6. The van der Waals surface area contributed by atoms with Gasteiger partial charge in [-0.25, -0.2) is 0 Å². The minimum Gasteiger partial charge on any atom is -0.307 e. The van der Waals surface area contributed by atoms with Crippen LogP contribution in [0, 0.1) is 0 Å². The van der Waals surface area contributed by atoms with Gasteiger partial charge in [0.05, 0.1) is 13.2 Å². The Hall–Kier alpha value is -2.56. The fraction of sp³-hybridized carbons (Fsp3) is 0.345. The van der Waals surface area contributed by atoms with E-state index in [2.05, 4.69) is 19.2 Å². The summed E-state index contributed by atoms with van der Waals surface area (Å²) in [5.41, 5.74) is 2.81. The first-order chi connectivity index (χ1) is 17.2. The lowest BCUT2D eigenvalue weighted by Gasteiger charge is -2.30. The predicted octanol–water partition coefficient (Wildman–Crippen LogP) is 7.92. The van der Waals surface area contributed by atoms with Crippen molar-refractivity contribution in [2.24, 2.45) is 4.99 Å². The number of hydrogen-bond donors (Lipinski definition) is 1. The van der Waals surface area contributed by atoms with Gasteiger partial charge < -0.3 is 9.05 Å². The minimum atomic E-state index is -3.57. The van der Waals surface area contributed by atoms with Gasteiger partial charge >= 0.3 is 7.60 Å². The summed E-state index contributed by atoms with van der Waals surface area (Å²) < 4.78 is 26.4. The van der Waals surface area contributed by atoms with E-state index >= 15 is 0 Å². The van der Waals surface area contributed by atoms with Crippen LogP contribution in [0.25, 0.3) is 0 Å². The molecule has 2 unspecified atom stereocenters. The van der Waals surface area contributed by atoms with E-state index in [1.165, 1.54) is 0 Å². The zero-order valence-electron chi connectivity index (χ0n) is 20.8. The summed E-state index contributed by atoms with van der Waals surface area (Å²) in [6.07, 6.45) is 4.93. The van der Waals surface area contributed by atoms with Gasteiger partial charge in [-0.3, -0.25) is 14.9 Å². The number of nitrogens with zero attached hydrogens (tertiary/aromatic N) is 1. The molecule has 1 N–H and O–H groups in total. The molecule has 35 heavy (non-hydrogen) atoms. The first-order valence-corrected chi connectivity index (χ1v) is 14.1. The minimum absolute atomic E-state index is 0.383. The topological polar surface area (TPSA) is 59.9 Å². The van der Waals surface area contributed by atoms with E-state index in [9.17, 15) is 4.57 Å². The molecule has 0 aliphatic carbocycles. The highest BCUT2D eigenvalue weighted by atomic mass is 31.2. The predicted molar refractivity (Wildman–Crippen MR) is 145 cm³/mol. The normalized spacial score (nSPS) is 13.7. The Morgan fingerprint density at radius 3 is 1.77 bits per heavy atom. The highest BCUT2D eigenvalue weighted by Crippen LogP contribution is 2.60. The molecule has 0 aromatic heterocycles. The summed E-state index contributed by atoms with van der Waals surface area (Å²) in [6.45, 7) is 4.94. The lowest BCUT2D eigenvalue weighted by atomic mass is 10.1. The van der Waals surface area contributed by atoms with Crippen molar-refractivity contribution in [3.63, 3.8) is 0 Å². The molecular formula is C29H37N2O3P. The van der Waals surface area contributed by atoms with Crippen molar-refractivity contribution in [1.29, 1.82) is 0 Å². The van der Waals surface area contributed by atoms with Crippen LogP contribution >= 0.6 is 7.60 Å². The summed E-state index contributed by atoms with van der Waals surface area (Å²) in [6, 6.07) is 29.7. The van der Waals surface area contributed by atoms with Crippen molar-refractivity contribution in [3.05, 3.63) is 108 Å². The molecule has 6 heteroatoms. The molecule has 5 nitrogen and oxygen atoms in total. The second-order valence-corrected chi connectivity index (χ2v) is 10.5. The summed E-state index contributed by atoms with van der Waals surface area (Å²) in [5, 5.41) is 3.54. The summed E-state index contributed by atoms with van der Waals surface area (Å²) in [5.74, 6) is -0.671. The van der Waals surface area contributed by atoms with Gasteiger partial charge in [-0.15, -0.1) is 0 Å². The Labute approximate surface area is 210 Å². The van der Waals surface area contributed by atoms with Gasteiger partial charge in [0.15, 0.2) is 0 Å². The zero-order chi connectivity index (χ0) is 24.8. The maximum absolute atomic E-state index is 14.3. The Bertz CT molecular complexity index is 1030. The number of rotatable bonds is 15. The highest BCUT2D eigenvalue weighted by molar-refractivity contribution is 7.54. The van der Waals surface area contributed by atoms with Crippen molar-refractivity contribution in [1.82, 2.24) is 5.32 Å². The quantitative estimate of drug-likeness (QED) is 0.133. The van der Waals surface area contributed by atoms with Crippen LogP contribution < -0.4 is 5.32 Å². The highest BCUT2D eigenvalue weighted by Gasteiger charge is 2.38. The molecule has 0 heterocycles. The lowest BCUT2D eigenvalue weighted by Crippen LogP contribution is -2.27. The van der Waals surface area contributed by atoms with Crippen LogP contribution in [0.5, 0.6) is 0 Å². The molecule has 0 aliphatic heterocycles. The van der Waals surface area contributed by atoms with E-state index in [4.69, 9.17) is 14.0 Å². The number of unbranched alkanes of at least 4 members (excludes halogenated alkanes) is 2. The van der Waals surface area contributed by atoms with E-state index < -0.39 is 19.5 Å². The first kappa shape index (κ1) is 27.0. The number of aliphatic imine (C=N–C) groups is 1. The van der Waals surface area contributed by atoms with Crippen molar-refractivity contribution >= 4 is 13.8 Å². The monoisotopic (exact) mass is 492 g/mol. The van der Waals surface area contributed by atoms with E-state index in [1.54, 1.807) is 0 Å². The van der Waals surface area contributed by atoms with Gasteiger partial charge in [0.25, 0.3) is 0 Å². The maximum Gasteiger partial charge on any atom is 0.352 e. The van der Waals surface area contributed by atoms with Gasteiger partial charge in [0.2, 0.25) is 0 Å². The van der Waals surface area contributed by atoms with Gasteiger partial charge in [-0.1, -0.05) is 118 Å². The van der Waals surface area contributed by atoms with E-state index in [1.807, 2.05) is 97.2 Å². The fourth-order valence-electron chi connectivity index (χ4n) is 3.57. The molecule has 0 aliphatic rings. The molecule has 2 atom stereocenters. The van der Waals surface area contributed by atoms with Crippen molar-refractivity contribution < 1.29 is 13.6 Å². The Balaban J connectivity index is 1.99. The average molecular weight is 493 g/mol. The molecule has 186 valence electrons. The van der Waals surface area contributed by atoms with Crippen LogP contribution in [-0.4, -0.2) is 19.4 Å². The third-order valence-corrected chi connectivity index (χ3v) is 7.74. The third-order valence-electron chi connectivity index (χ3n) is 5.57. The fourth-order valence-corrected chi connectivity index (χ4v) is 5.57. The molecule has 0 bridgehead atoms. The molecule has 0 amide bonds. The maximum atomic E-state index is 14.3. The average Bonchev–Trinajstić information content (AvgIpc) is 2.91. The second-order valence-electron chi connectivity index (χ2n) is 8.40. The molecule has 0 saturated heterocycles. The van der Waals surface area contributed by atoms with Crippen LogP contribution in [0.15, 0.2) is 96.0 Å². The molecule has 0 spiro atoms. The van der Waals surface area contributed by atoms with Crippen molar-refractivity contribution in [3.8, 4) is 0 Å². The molecule has 0 fully saturated rings. The summed E-state index contributed by atoms with van der Waals surface area (Å²) in [4.78, 5) is 4.87. The summed E-state index contributed by atoms with van der Waals surface area (Å²) >= 11 is 0. The van der Waals surface area contributed by atoms with E-state index in [0.717, 1.165) is 42.4 Å². The molecule has 0 radical (unpaired) electrons. The van der Waals surface area contributed by atoms with Crippen LogP contribution in [0.2, 0.25) is 0 Å². The smallest absolute Gasteiger partial charge is 0.307 e. The van der Waals surface area contributed by atoms with E-state index in [-0.39, 0.29) is 0 Å². The SMILES string of the molecule is CCCCOP(=O)(OCCCC)C(NC(/N=C/c1ccccc1)c1ccccc1)c1ccccc1. The van der Waals surface area contributed by atoms with Crippen LogP contribution in [-0.2, 0) is 13.6 Å².